The molecule has 0 aromatic heterocycles. The zero-order chi connectivity index (χ0) is 13.0. The number of carbonyl (C=O) groups is 2. The van der Waals surface area contributed by atoms with E-state index in [1.165, 1.54) is 0 Å². The molecule has 0 unspecified atom stereocenters. The molecule has 1 saturated heterocycles. The summed E-state index contributed by atoms with van der Waals surface area (Å²) in [6, 6.07) is 6.98. The van der Waals surface area contributed by atoms with E-state index in [1.807, 2.05) is 17.0 Å². The first-order valence-corrected chi connectivity index (χ1v) is 6.27. The Morgan fingerprint density at radius 3 is 2.78 bits per heavy atom. The molecule has 1 aliphatic rings. The van der Waals surface area contributed by atoms with Crippen molar-refractivity contribution >= 4 is 11.9 Å². The Balaban J connectivity index is 2.01. The van der Waals surface area contributed by atoms with E-state index < -0.39 is 5.97 Å². The SMILES string of the molecule is O=C(O)c1ccccc1CCN1CCCCC1=O. The zero-order valence-electron chi connectivity index (χ0n) is 10.3. The molecule has 1 aromatic rings. The molecule has 0 saturated carbocycles. The van der Waals surface area contributed by atoms with Crippen molar-refractivity contribution in [1.29, 1.82) is 0 Å². The van der Waals surface area contributed by atoms with E-state index >= 15 is 0 Å². The molecule has 96 valence electrons. The molecule has 0 atom stereocenters. The molecule has 0 aliphatic carbocycles. The lowest BCUT2D eigenvalue weighted by molar-refractivity contribution is -0.133. The summed E-state index contributed by atoms with van der Waals surface area (Å²) in [6.45, 7) is 1.41. The lowest BCUT2D eigenvalue weighted by Gasteiger charge is -2.26. The van der Waals surface area contributed by atoms with Gasteiger partial charge in [-0.2, -0.15) is 0 Å². The Kier molecular flexibility index (Phi) is 3.97. The molecule has 0 spiro atoms. The second kappa shape index (κ2) is 5.67. The van der Waals surface area contributed by atoms with E-state index in [1.54, 1.807) is 12.1 Å². The highest BCUT2D eigenvalue weighted by Gasteiger charge is 2.18. The molecule has 4 heteroatoms. The maximum atomic E-state index is 11.6. The fourth-order valence-corrected chi connectivity index (χ4v) is 2.30. The smallest absolute Gasteiger partial charge is 0.335 e. The largest absolute Gasteiger partial charge is 0.478 e. The van der Waals surface area contributed by atoms with Gasteiger partial charge in [-0.1, -0.05) is 18.2 Å². The molecule has 1 fully saturated rings. The number of carbonyl (C=O) groups excluding carboxylic acids is 1. The first kappa shape index (κ1) is 12.6. The predicted octanol–water partition coefficient (Wildman–Crippen LogP) is 1.94. The van der Waals surface area contributed by atoms with Crippen molar-refractivity contribution in [3.05, 3.63) is 35.4 Å². The minimum absolute atomic E-state index is 0.189. The van der Waals surface area contributed by atoms with E-state index in [2.05, 4.69) is 0 Å². The quantitative estimate of drug-likeness (QED) is 0.884. The van der Waals surface area contributed by atoms with Crippen LogP contribution in [0.3, 0.4) is 0 Å². The fourth-order valence-electron chi connectivity index (χ4n) is 2.30. The average molecular weight is 247 g/mol. The minimum Gasteiger partial charge on any atom is -0.478 e. The van der Waals surface area contributed by atoms with Gasteiger partial charge in [-0.3, -0.25) is 4.79 Å². The van der Waals surface area contributed by atoms with Crippen molar-refractivity contribution < 1.29 is 14.7 Å². The van der Waals surface area contributed by atoms with Gasteiger partial charge in [0, 0.05) is 19.5 Å². The van der Waals surface area contributed by atoms with Crippen LogP contribution >= 0.6 is 0 Å². The second-order valence-corrected chi connectivity index (χ2v) is 4.55. The van der Waals surface area contributed by atoms with Crippen LogP contribution in [0.1, 0.15) is 35.2 Å². The topological polar surface area (TPSA) is 57.6 Å². The zero-order valence-corrected chi connectivity index (χ0v) is 10.3. The average Bonchev–Trinajstić information content (AvgIpc) is 2.38. The van der Waals surface area contributed by atoms with Gasteiger partial charge in [0.05, 0.1) is 5.56 Å². The number of aromatic carboxylic acids is 1. The molecule has 0 bridgehead atoms. The number of hydrogen-bond donors (Lipinski definition) is 1. The Morgan fingerprint density at radius 1 is 1.28 bits per heavy atom. The Labute approximate surface area is 106 Å². The highest BCUT2D eigenvalue weighted by Crippen LogP contribution is 2.14. The first-order valence-electron chi connectivity index (χ1n) is 6.27. The number of amides is 1. The lowest BCUT2D eigenvalue weighted by Crippen LogP contribution is -2.36. The second-order valence-electron chi connectivity index (χ2n) is 4.55. The summed E-state index contributed by atoms with van der Waals surface area (Å²) in [5.74, 6) is -0.718. The van der Waals surface area contributed by atoms with Crippen LogP contribution in [0.25, 0.3) is 0 Å². The molecule has 1 N–H and O–H groups in total. The molecule has 1 aliphatic heterocycles. The molecule has 0 radical (unpaired) electrons. The van der Waals surface area contributed by atoms with Gasteiger partial charge in [-0.15, -0.1) is 0 Å². The molecule has 18 heavy (non-hydrogen) atoms. The van der Waals surface area contributed by atoms with Crippen molar-refractivity contribution in [3.63, 3.8) is 0 Å². The maximum absolute atomic E-state index is 11.6. The van der Waals surface area contributed by atoms with Crippen LogP contribution in [0.5, 0.6) is 0 Å². The van der Waals surface area contributed by atoms with Gasteiger partial charge in [0.2, 0.25) is 5.91 Å². The summed E-state index contributed by atoms with van der Waals surface area (Å²) in [4.78, 5) is 24.5. The molecule has 1 amide bonds. The first-order chi connectivity index (χ1) is 8.68. The number of nitrogens with zero attached hydrogens (tertiary/aromatic N) is 1. The normalized spacial score (nSPS) is 15.8. The van der Waals surface area contributed by atoms with Crippen molar-refractivity contribution in [1.82, 2.24) is 4.90 Å². The third-order valence-electron chi connectivity index (χ3n) is 3.32. The molecule has 1 heterocycles. The predicted molar refractivity (Wildman–Crippen MR) is 67.5 cm³/mol. The van der Waals surface area contributed by atoms with E-state index in [0.717, 1.165) is 24.9 Å². The summed E-state index contributed by atoms with van der Waals surface area (Å²) in [5, 5.41) is 9.07. The summed E-state index contributed by atoms with van der Waals surface area (Å²) in [6.07, 6.45) is 3.25. The van der Waals surface area contributed by atoms with Gasteiger partial charge in [0.15, 0.2) is 0 Å². The Bertz CT molecular complexity index is 456. The standard InChI is InChI=1S/C14H17NO3/c16-13-7-3-4-9-15(13)10-8-11-5-1-2-6-12(11)14(17)18/h1-2,5-6H,3-4,7-10H2,(H,17,18). The highest BCUT2D eigenvalue weighted by atomic mass is 16.4. The van der Waals surface area contributed by atoms with Crippen molar-refractivity contribution in [3.8, 4) is 0 Å². The van der Waals surface area contributed by atoms with Gasteiger partial charge in [0.1, 0.15) is 0 Å². The molecule has 2 rings (SSSR count). The van der Waals surface area contributed by atoms with Crippen LogP contribution in [-0.2, 0) is 11.2 Å². The van der Waals surface area contributed by atoms with Gasteiger partial charge in [0.25, 0.3) is 0 Å². The lowest BCUT2D eigenvalue weighted by atomic mass is 10.0. The van der Waals surface area contributed by atoms with Gasteiger partial charge >= 0.3 is 5.97 Å². The van der Waals surface area contributed by atoms with E-state index in [4.69, 9.17) is 5.11 Å². The Morgan fingerprint density at radius 2 is 2.06 bits per heavy atom. The van der Waals surface area contributed by atoms with Crippen LogP contribution in [0.2, 0.25) is 0 Å². The number of carboxylic acid groups (broad SMARTS) is 1. The number of carboxylic acids is 1. The van der Waals surface area contributed by atoms with E-state index in [-0.39, 0.29) is 5.91 Å². The van der Waals surface area contributed by atoms with Crippen LogP contribution in [0.15, 0.2) is 24.3 Å². The third kappa shape index (κ3) is 2.88. The van der Waals surface area contributed by atoms with Crippen LogP contribution in [0.4, 0.5) is 0 Å². The fraction of sp³-hybridized carbons (Fsp3) is 0.429. The Hall–Kier alpha value is -1.84. The number of rotatable bonds is 4. The number of piperidine rings is 1. The molecule has 4 nitrogen and oxygen atoms in total. The van der Waals surface area contributed by atoms with Crippen molar-refractivity contribution in [2.75, 3.05) is 13.1 Å². The summed E-state index contributed by atoms with van der Waals surface area (Å²) in [5.41, 5.74) is 1.13. The molecular weight excluding hydrogens is 230 g/mol. The number of benzene rings is 1. The summed E-state index contributed by atoms with van der Waals surface area (Å²) >= 11 is 0. The van der Waals surface area contributed by atoms with Crippen LogP contribution in [0, 0.1) is 0 Å². The maximum Gasteiger partial charge on any atom is 0.335 e. The molecular formula is C14H17NO3. The van der Waals surface area contributed by atoms with E-state index in [0.29, 0.717) is 24.9 Å². The summed E-state index contributed by atoms with van der Waals surface area (Å²) in [7, 11) is 0. The number of likely N-dealkylation sites (tertiary alicyclic amines) is 1. The van der Waals surface area contributed by atoms with Gasteiger partial charge in [-0.25, -0.2) is 4.79 Å². The van der Waals surface area contributed by atoms with Crippen molar-refractivity contribution in [2.24, 2.45) is 0 Å². The highest BCUT2D eigenvalue weighted by molar-refractivity contribution is 5.89. The van der Waals surface area contributed by atoms with E-state index in [9.17, 15) is 9.59 Å². The monoisotopic (exact) mass is 247 g/mol. The number of hydrogen-bond acceptors (Lipinski definition) is 2. The van der Waals surface area contributed by atoms with Crippen molar-refractivity contribution in [2.45, 2.75) is 25.7 Å². The van der Waals surface area contributed by atoms with Gasteiger partial charge < -0.3 is 10.0 Å². The third-order valence-corrected chi connectivity index (χ3v) is 3.32. The molecule has 1 aromatic carbocycles. The van der Waals surface area contributed by atoms with Crippen LogP contribution in [-0.4, -0.2) is 35.0 Å². The minimum atomic E-state index is -0.907. The summed E-state index contributed by atoms with van der Waals surface area (Å²) < 4.78 is 0. The van der Waals surface area contributed by atoms with Gasteiger partial charge in [-0.05, 0) is 30.9 Å². The van der Waals surface area contributed by atoms with Crippen LogP contribution < -0.4 is 0 Å².